The van der Waals surface area contributed by atoms with Crippen LogP contribution >= 0.6 is 11.6 Å². The molecule has 2 N–H and O–H groups in total. The van der Waals surface area contributed by atoms with Gasteiger partial charge in [-0.1, -0.05) is 17.7 Å². The largest absolute Gasteiger partial charge is 0.322 e. The van der Waals surface area contributed by atoms with E-state index in [4.69, 9.17) is 22.6 Å². The first-order chi connectivity index (χ1) is 9.56. The van der Waals surface area contributed by atoms with E-state index in [0.29, 0.717) is 41.1 Å². The Morgan fingerprint density at radius 3 is 2.95 bits per heavy atom. The van der Waals surface area contributed by atoms with Crippen molar-refractivity contribution >= 4 is 22.5 Å². The summed E-state index contributed by atoms with van der Waals surface area (Å²) < 4.78 is 1.52. The predicted molar refractivity (Wildman–Crippen MR) is 78.5 cm³/mol. The molecule has 0 unspecified atom stereocenters. The molecule has 0 saturated heterocycles. The minimum absolute atomic E-state index is 0.203. The molecule has 0 fully saturated rings. The van der Waals surface area contributed by atoms with Crippen LogP contribution in [0.4, 0.5) is 0 Å². The maximum atomic E-state index is 12.6. The van der Waals surface area contributed by atoms with E-state index < -0.39 is 0 Å². The van der Waals surface area contributed by atoms with Crippen LogP contribution in [0, 0.1) is 11.3 Å². The van der Waals surface area contributed by atoms with Crippen molar-refractivity contribution in [2.45, 2.75) is 32.4 Å². The summed E-state index contributed by atoms with van der Waals surface area (Å²) in [6.07, 6.45) is 0.957. The number of halogens is 1. The fourth-order valence-corrected chi connectivity index (χ4v) is 2.37. The van der Waals surface area contributed by atoms with Crippen molar-refractivity contribution in [3.63, 3.8) is 0 Å². The highest BCUT2D eigenvalue weighted by molar-refractivity contribution is 6.35. The summed E-state index contributed by atoms with van der Waals surface area (Å²) >= 11 is 6.09. The second-order valence-electron chi connectivity index (χ2n) is 4.61. The fraction of sp³-hybridized carbons (Fsp3) is 0.357. The lowest BCUT2D eigenvalue weighted by molar-refractivity contribution is 0.560. The average Bonchev–Trinajstić information content (AvgIpc) is 2.40. The van der Waals surface area contributed by atoms with E-state index >= 15 is 0 Å². The van der Waals surface area contributed by atoms with Gasteiger partial charge in [0.25, 0.3) is 5.56 Å². The molecule has 2 rings (SSSR count). The first kappa shape index (κ1) is 14.5. The molecular weight excluding hydrogens is 276 g/mol. The Kier molecular flexibility index (Phi) is 4.38. The van der Waals surface area contributed by atoms with E-state index in [-0.39, 0.29) is 11.6 Å². The molecule has 5 nitrogen and oxygen atoms in total. The molecule has 1 heterocycles. The third kappa shape index (κ3) is 2.67. The molecule has 1 aromatic carbocycles. The standard InChI is InChI=1S/C14H15ClN4O/c1-9(17)13-18-11-6-4-5-10(15)12(11)14(20)19(13)8-3-2-7-16/h4-6,9H,2-3,8,17H2,1H3/t9-/m0/s1. The number of nitriles is 1. The molecular formula is C14H15ClN4O. The van der Waals surface area contributed by atoms with Crippen molar-refractivity contribution in [1.82, 2.24) is 9.55 Å². The number of nitrogens with two attached hydrogens (primary N) is 1. The van der Waals surface area contributed by atoms with Crippen LogP contribution in [0.5, 0.6) is 0 Å². The van der Waals surface area contributed by atoms with Gasteiger partial charge in [0.05, 0.1) is 28.0 Å². The van der Waals surface area contributed by atoms with Crippen LogP contribution in [0.25, 0.3) is 10.9 Å². The zero-order chi connectivity index (χ0) is 14.7. The Balaban J connectivity index is 2.66. The number of nitrogens with zero attached hydrogens (tertiary/aromatic N) is 3. The number of aromatic nitrogens is 2. The number of unbranched alkanes of at least 4 members (excludes halogenated alkanes) is 1. The number of hydrogen-bond donors (Lipinski definition) is 1. The first-order valence-electron chi connectivity index (χ1n) is 6.37. The first-order valence-corrected chi connectivity index (χ1v) is 6.75. The van der Waals surface area contributed by atoms with Crippen LogP contribution < -0.4 is 11.3 Å². The molecule has 0 bridgehead atoms. The van der Waals surface area contributed by atoms with Gasteiger partial charge in [-0.2, -0.15) is 5.26 Å². The van der Waals surface area contributed by atoms with Crippen molar-refractivity contribution in [2.24, 2.45) is 5.73 Å². The summed E-state index contributed by atoms with van der Waals surface area (Å²) in [5.74, 6) is 0.516. The molecule has 0 spiro atoms. The molecule has 0 saturated carbocycles. The molecule has 1 aromatic heterocycles. The molecule has 104 valence electrons. The normalized spacial score (nSPS) is 12.3. The maximum Gasteiger partial charge on any atom is 0.262 e. The average molecular weight is 291 g/mol. The Labute approximate surface area is 121 Å². The van der Waals surface area contributed by atoms with Crippen LogP contribution in [0.15, 0.2) is 23.0 Å². The van der Waals surface area contributed by atoms with E-state index in [1.807, 2.05) is 0 Å². The Hall–Kier alpha value is -1.90. The lowest BCUT2D eigenvalue weighted by Crippen LogP contribution is -2.29. The summed E-state index contributed by atoms with van der Waals surface area (Å²) in [6, 6.07) is 6.86. The third-order valence-corrected chi connectivity index (χ3v) is 3.35. The minimum atomic E-state index is -0.367. The van der Waals surface area contributed by atoms with E-state index in [0.717, 1.165) is 0 Å². The maximum absolute atomic E-state index is 12.6. The molecule has 0 aliphatic rings. The number of hydrogen-bond acceptors (Lipinski definition) is 4. The van der Waals surface area contributed by atoms with E-state index in [2.05, 4.69) is 11.1 Å². The zero-order valence-electron chi connectivity index (χ0n) is 11.1. The van der Waals surface area contributed by atoms with Crippen molar-refractivity contribution in [3.05, 3.63) is 39.4 Å². The van der Waals surface area contributed by atoms with Gasteiger partial charge in [-0.3, -0.25) is 9.36 Å². The highest BCUT2D eigenvalue weighted by atomic mass is 35.5. The lowest BCUT2D eigenvalue weighted by atomic mass is 10.2. The van der Waals surface area contributed by atoms with Gasteiger partial charge in [0.15, 0.2) is 0 Å². The van der Waals surface area contributed by atoms with Gasteiger partial charge in [-0.15, -0.1) is 0 Å². The summed E-state index contributed by atoms with van der Waals surface area (Å²) in [7, 11) is 0. The second kappa shape index (κ2) is 6.04. The van der Waals surface area contributed by atoms with Crippen LogP contribution in [-0.4, -0.2) is 9.55 Å². The van der Waals surface area contributed by atoms with Gasteiger partial charge < -0.3 is 5.73 Å². The van der Waals surface area contributed by atoms with Gasteiger partial charge in [0.2, 0.25) is 0 Å². The molecule has 0 aliphatic carbocycles. The van der Waals surface area contributed by atoms with E-state index in [9.17, 15) is 4.79 Å². The lowest BCUT2D eigenvalue weighted by Gasteiger charge is -2.15. The number of benzene rings is 1. The zero-order valence-corrected chi connectivity index (χ0v) is 11.9. The van der Waals surface area contributed by atoms with Crippen LogP contribution in [-0.2, 0) is 6.54 Å². The second-order valence-corrected chi connectivity index (χ2v) is 5.02. The van der Waals surface area contributed by atoms with Crippen molar-refractivity contribution in [1.29, 1.82) is 5.26 Å². The molecule has 20 heavy (non-hydrogen) atoms. The molecule has 0 amide bonds. The molecule has 0 radical (unpaired) electrons. The molecule has 6 heteroatoms. The highest BCUT2D eigenvalue weighted by Crippen LogP contribution is 2.20. The summed E-state index contributed by atoms with van der Waals surface area (Å²) in [5, 5.41) is 9.39. The Morgan fingerprint density at radius 2 is 2.30 bits per heavy atom. The minimum Gasteiger partial charge on any atom is -0.322 e. The molecule has 0 aliphatic heterocycles. The third-order valence-electron chi connectivity index (χ3n) is 3.04. The topological polar surface area (TPSA) is 84.7 Å². The smallest absolute Gasteiger partial charge is 0.262 e. The van der Waals surface area contributed by atoms with Crippen molar-refractivity contribution in [3.8, 4) is 6.07 Å². The monoisotopic (exact) mass is 290 g/mol. The van der Waals surface area contributed by atoms with Crippen LogP contribution in [0.3, 0.4) is 0 Å². The fourth-order valence-electron chi connectivity index (χ4n) is 2.12. The van der Waals surface area contributed by atoms with Gasteiger partial charge in [-0.05, 0) is 25.5 Å². The summed E-state index contributed by atoms with van der Waals surface area (Å²) in [6.45, 7) is 2.19. The van der Waals surface area contributed by atoms with Crippen LogP contribution in [0.1, 0.15) is 31.6 Å². The Morgan fingerprint density at radius 1 is 1.55 bits per heavy atom. The number of fused-ring (bicyclic) bond motifs is 1. The van der Waals surface area contributed by atoms with Crippen LogP contribution in [0.2, 0.25) is 5.02 Å². The SMILES string of the molecule is C[C@H](N)c1nc2cccc(Cl)c2c(=O)n1CCCC#N. The van der Waals surface area contributed by atoms with Gasteiger partial charge in [0.1, 0.15) is 5.82 Å². The van der Waals surface area contributed by atoms with Gasteiger partial charge in [-0.25, -0.2) is 4.98 Å². The highest BCUT2D eigenvalue weighted by Gasteiger charge is 2.15. The van der Waals surface area contributed by atoms with E-state index in [1.54, 1.807) is 25.1 Å². The molecule has 1 atom stereocenters. The summed E-state index contributed by atoms with van der Waals surface area (Å²) in [5.41, 5.74) is 6.24. The van der Waals surface area contributed by atoms with Crippen molar-refractivity contribution in [2.75, 3.05) is 0 Å². The van der Waals surface area contributed by atoms with Crippen molar-refractivity contribution < 1.29 is 0 Å². The number of rotatable bonds is 4. The quantitative estimate of drug-likeness (QED) is 0.876. The molecule has 2 aromatic rings. The predicted octanol–water partition coefficient (Wildman–Crippen LogP) is 2.37. The Bertz CT molecular complexity index is 730. The van der Waals surface area contributed by atoms with E-state index in [1.165, 1.54) is 4.57 Å². The summed E-state index contributed by atoms with van der Waals surface area (Å²) in [4.78, 5) is 17.0. The van der Waals surface area contributed by atoms with Gasteiger partial charge in [0, 0.05) is 13.0 Å². The van der Waals surface area contributed by atoms with Gasteiger partial charge >= 0.3 is 0 Å².